The first-order valence-corrected chi connectivity index (χ1v) is 5.53. The molecule has 1 rings (SSSR count). The topological polar surface area (TPSA) is 66.8 Å². The highest BCUT2D eigenvalue weighted by atomic mass is 79.9. The molecule has 0 saturated heterocycles. The molecule has 4 nitrogen and oxygen atoms in total. The number of rotatable bonds is 4. The van der Waals surface area contributed by atoms with E-state index in [1.165, 1.54) is 7.11 Å². The maximum absolute atomic E-state index is 10.5. The van der Waals surface area contributed by atoms with Crippen LogP contribution in [0.2, 0.25) is 0 Å². The summed E-state index contributed by atoms with van der Waals surface area (Å²) in [5.41, 5.74) is 1.60. The van der Waals surface area contributed by atoms with Gasteiger partial charge in [0.05, 0.1) is 7.11 Å². The molecule has 0 amide bonds. The van der Waals surface area contributed by atoms with Crippen molar-refractivity contribution in [1.29, 1.82) is 0 Å². The third kappa shape index (κ3) is 2.66. The zero-order valence-electron chi connectivity index (χ0n) is 9.08. The van der Waals surface area contributed by atoms with Crippen LogP contribution >= 0.6 is 15.9 Å². The third-order valence-electron chi connectivity index (χ3n) is 2.37. The molecule has 1 aromatic rings. The SMILES string of the molecule is COc1c(O)cc(Br)c(C)c1CCC(=O)O. The van der Waals surface area contributed by atoms with Gasteiger partial charge in [0.2, 0.25) is 0 Å². The minimum atomic E-state index is -0.874. The highest BCUT2D eigenvalue weighted by Crippen LogP contribution is 2.37. The van der Waals surface area contributed by atoms with Gasteiger partial charge in [-0.1, -0.05) is 15.9 Å². The van der Waals surface area contributed by atoms with Gasteiger partial charge in [-0.3, -0.25) is 4.79 Å². The van der Waals surface area contributed by atoms with Crippen LogP contribution in [-0.2, 0) is 11.2 Å². The second kappa shape index (κ2) is 5.21. The second-order valence-corrected chi connectivity index (χ2v) is 4.26. The summed E-state index contributed by atoms with van der Waals surface area (Å²) >= 11 is 3.30. The summed E-state index contributed by atoms with van der Waals surface area (Å²) in [7, 11) is 1.45. The fourth-order valence-corrected chi connectivity index (χ4v) is 1.98. The van der Waals surface area contributed by atoms with Crippen molar-refractivity contribution in [3.8, 4) is 11.5 Å². The lowest BCUT2D eigenvalue weighted by atomic mass is 10.0. The van der Waals surface area contributed by atoms with Crippen LogP contribution in [0.25, 0.3) is 0 Å². The Morgan fingerprint density at radius 1 is 1.56 bits per heavy atom. The van der Waals surface area contributed by atoms with Gasteiger partial charge < -0.3 is 14.9 Å². The molecule has 5 heteroatoms. The van der Waals surface area contributed by atoms with Crippen LogP contribution in [0.3, 0.4) is 0 Å². The Morgan fingerprint density at radius 3 is 2.69 bits per heavy atom. The Kier molecular flexibility index (Phi) is 4.18. The predicted molar refractivity (Wildman–Crippen MR) is 63.1 cm³/mol. The lowest BCUT2D eigenvalue weighted by Gasteiger charge is -2.14. The van der Waals surface area contributed by atoms with Crippen molar-refractivity contribution in [3.05, 3.63) is 21.7 Å². The van der Waals surface area contributed by atoms with Gasteiger partial charge in [0.25, 0.3) is 0 Å². The number of carboxylic acids is 1. The molecule has 0 saturated carbocycles. The number of phenolic OH excluding ortho intramolecular Hbond substituents is 1. The normalized spacial score (nSPS) is 10.2. The van der Waals surface area contributed by atoms with E-state index in [9.17, 15) is 9.90 Å². The lowest BCUT2D eigenvalue weighted by molar-refractivity contribution is -0.136. The Bertz CT molecular complexity index is 415. The van der Waals surface area contributed by atoms with Gasteiger partial charge >= 0.3 is 5.97 Å². The van der Waals surface area contributed by atoms with Gasteiger partial charge in [-0.15, -0.1) is 0 Å². The zero-order valence-corrected chi connectivity index (χ0v) is 10.7. The number of ether oxygens (including phenoxy) is 1. The quantitative estimate of drug-likeness (QED) is 0.893. The summed E-state index contributed by atoms with van der Waals surface area (Å²) in [5.74, 6) is -0.511. The van der Waals surface area contributed by atoms with E-state index in [4.69, 9.17) is 9.84 Å². The fraction of sp³-hybridized carbons (Fsp3) is 0.364. The summed E-state index contributed by atoms with van der Waals surface area (Å²) in [6.45, 7) is 1.85. The fourth-order valence-electron chi connectivity index (χ4n) is 1.52. The van der Waals surface area contributed by atoms with E-state index in [2.05, 4.69) is 15.9 Å². The largest absolute Gasteiger partial charge is 0.504 e. The number of carboxylic acid groups (broad SMARTS) is 1. The van der Waals surface area contributed by atoms with E-state index in [1.807, 2.05) is 6.92 Å². The maximum Gasteiger partial charge on any atom is 0.303 e. The number of benzene rings is 1. The van der Waals surface area contributed by atoms with Crippen molar-refractivity contribution < 1.29 is 19.7 Å². The van der Waals surface area contributed by atoms with Crippen LogP contribution in [0.5, 0.6) is 11.5 Å². The first kappa shape index (κ1) is 12.8. The molecule has 16 heavy (non-hydrogen) atoms. The molecule has 0 fully saturated rings. The first-order valence-electron chi connectivity index (χ1n) is 4.74. The summed E-state index contributed by atoms with van der Waals surface area (Å²) < 4.78 is 5.82. The Morgan fingerprint density at radius 2 is 2.19 bits per heavy atom. The van der Waals surface area contributed by atoms with Gasteiger partial charge in [0, 0.05) is 16.5 Å². The van der Waals surface area contributed by atoms with Crippen molar-refractivity contribution in [2.45, 2.75) is 19.8 Å². The Balaban J connectivity index is 3.17. The van der Waals surface area contributed by atoms with Crippen molar-refractivity contribution in [1.82, 2.24) is 0 Å². The van der Waals surface area contributed by atoms with Crippen LogP contribution in [0.15, 0.2) is 10.5 Å². The van der Waals surface area contributed by atoms with Gasteiger partial charge in [-0.25, -0.2) is 0 Å². The second-order valence-electron chi connectivity index (χ2n) is 3.41. The summed E-state index contributed by atoms with van der Waals surface area (Å²) in [5, 5.41) is 18.3. The van der Waals surface area contributed by atoms with E-state index < -0.39 is 5.97 Å². The number of halogens is 1. The van der Waals surface area contributed by atoms with Crippen LogP contribution in [0.1, 0.15) is 17.5 Å². The number of carbonyl (C=O) groups is 1. The summed E-state index contributed by atoms with van der Waals surface area (Å²) in [6, 6.07) is 1.54. The number of hydrogen-bond donors (Lipinski definition) is 2. The van der Waals surface area contributed by atoms with Crippen molar-refractivity contribution in [3.63, 3.8) is 0 Å². The highest BCUT2D eigenvalue weighted by Gasteiger charge is 2.15. The molecule has 0 aliphatic rings. The number of aromatic hydroxyl groups is 1. The molecular formula is C11H13BrO4. The molecule has 88 valence electrons. The molecular weight excluding hydrogens is 276 g/mol. The maximum atomic E-state index is 10.5. The molecule has 0 heterocycles. The molecule has 1 aromatic carbocycles. The Hall–Kier alpha value is -1.23. The third-order valence-corrected chi connectivity index (χ3v) is 3.20. The van der Waals surface area contributed by atoms with E-state index in [1.54, 1.807) is 6.07 Å². The van der Waals surface area contributed by atoms with Crippen molar-refractivity contribution in [2.24, 2.45) is 0 Å². The minimum Gasteiger partial charge on any atom is -0.504 e. The summed E-state index contributed by atoms with van der Waals surface area (Å²) in [6.07, 6.45) is 0.338. The van der Waals surface area contributed by atoms with E-state index >= 15 is 0 Å². The van der Waals surface area contributed by atoms with Gasteiger partial charge in [0.1, 0.15) is 0 Å². The van der Waals surface area contributed by atoms with Crippen LogP contribution in [0.4, 0.5) is 0 Å². The van der Waals surface area contributed by atoms with Crippen LogP contribution in [-0.4, -0.2) is 23.3 Å². The van der Waals surface area contributed by atoms with Gasteiger partial charge in [0.15, 0.2) is 11.5 Å². The van der Waals surface area contributed by atoms with Crippen molar-refractivity contribution >= 4 is 21.9 Å². The number of aliphatic carboxylic acids is 1. The van der Waals surface area contributed by atoms with E-state index in [0.29, 0.717) is 12.2 Å². The molecule has 0 spiro atoms. The monoisotopic (exact) mass is 288 g/mol. The summed E-state index contributed by atoms with van der Waals surface area (Å²) in [4.78, 5) is 10.5. The molecule has 2 N–H and O–H groups in total. The predicted octanol–water partition coefficient (Wildman–Crippen LogP) is 2.49. The Labute approximate surface area is 102 Å². The first-order chi connectivity index (χ1) is 7.47. The van der Waals surface area contributed by atoms with E-state index in [-0.39, 0.29) is 12.2 Å². The molecule has 0 aromatic heterocycles. The molecule has 0 atom stereocenters. The number of phenols is 1. The smallest absolute Gasteiger partial charge is 0.303 e. The highest BCUT2D eigenvalue weighted by molar-refractivity contribution is 9.10. The average Bonchev–Trinajstić information content (AvgIpc) is 2.20. The number of hydrogen-bond acceptors (Lipinski definition) is 3. The molecule has 0 aliphatic carbocycles. The van der Waals surface area contributed by atoms with Crippen molar-refractivity contribution in [2.75, 3.05) is 7.11 Å². The average molecular weight is 289 g/mol. The standard InChI is InChI=1S/C11H13BrO4/c1-6-7(3-4-10(14)15)11(16-2)9(13)5-8(6)12/h5,13H,3-4H2,1-2H3,(H,14,15). The molecule has 0 radical (unpaired) electrons. The molecule has 0 unspecified atom stereocenters. The van der Waals surface area contributed by atoms with Crippen LogP contribution in [0, 0.1) is 6.92 Å². The minimum absolute atomic E-state index is 0.00704. The van der Waals surface area contributed by atoms with Gasteiger partial charge in [-0.2, -0.15) is 0 Å². The van der Waals surface area contributed by atoms with Crippen LogP contribution < -0.4 is 4.74 Å². The number of methoxy groups -OCH3 is 1. The lowest BCUT2D eigenvalue weighted by Crippen LogP contribution is -2.02. The van der Waals surface area contributed by atoms with Gasteiger partial charge in [-0.05, 0) is 25.0 Å². The van der Waals surface area contributed by atoms with E-state index in [0.717, 1.165) is 15.6 Å². The zero-order chi connectivity index (χ0) is 12.3. The molecule has 0 aliphatic heterocycles. The molecule has 0 bridgehead atoms.